The molecule has 3 aliphatic rings. The van der Waals surface area contributed by atoms with Crippen molar-refractivity contribution < 1.29 is 19.0 Å². The second-order valence-corrected chi connectivity index (χ2v) is 11.0. The minimum Gasteiger partial charge on any atom is -0.471 e. The number of fused-ring (bicyclic) bond motifs is 4. The van der Waals surface area contributed by atoms with Crippen molar-refractivity contribution in [2.45, 2.75) is 52.1 Å². The third-order valence-corrected chi connectivity index (χ3v) is 8.30. The molecule has 0 N–H and O–H groups in total. The molecule has 3 atom stereocenters. The Balaban J connectivity index is 1.53. The van der Waals surface area contributed by atoms with Crippen molar-refractivity contribution >= 4 is 22.8 Å². The van der Waals surface area contributed by atoms with Crippen LogP contribution in [0.2, 0.25) is 0 Å². The highest BCUT2D eigenvalue weighted by molar-refractivity contribution is 6.08. The summed E-state index contributed by atoms with van der Waals surface area (Å²) in [5.41, 5.74) is 4.48. The Hall–Kier alpha value is -3.55. The van der Waals surface area contributed by atoms with Gasteiger partial charge in [-0.3, -0.25) is 4.79 Å². The molecule has 2 aliphatic heterocycles. The number of para-hydroxylation sites is 1. The predicted molar refractivity (Wildman–Crippen MR) is 156 cm³/mol. The molecule has 208 valence electrons. The normalized spacial score (nSPS) is 23.3. The molecule has 6 rings (SSSR count). The van der Waals surface area contributed by atoms with Crippen LogP contribution in [0.5, 0.6) is 5.88 Å². The lowest BCUT2D eigenvalue weighted by Crippen LogP contribution is -2.34. The van der Waals surface area contributed by atoms with Gasteiger partial charge in [-0.25, -0.2) is 9.88 Å². The third-order valence-electron chi connectivity index (χ3n) is 8.30. The fraction of sp³-hybridized carbons (Fsp3) is 0.424. The molecule has 1 fully saturated rings. The van der Waals surface area contributed by atoms with Crippen LogP contribution >= 0.6 is 0 Å². The Bertz CT molecular complexity index is 1440. The minimum atomic E-state index is -0.114. The number of aryl methyl sites for hydroxylation is 1. The summed E-state index contributed by atoms with van der Waals surface area (Å²) < 4.78 is 17.8. The minimum absolute atomic E-state index is 0.0790. The van der Waals surface area contributed by atoms with Crippen LogP contribution in [0.15, 0.2) is 72.0 Å². The van der Waals surface area contributed by atoms with E-state index in [1.807, 2.05) is 49.4 Å². The first kappa shape index (κ1) is 26.7. The van der Waals surface area contributed by atoms with Gasteiger partial charge in [0, 0.05) is 24.3 Å². The number of allylic oxidation sites excluding steroid dienone is 2. The molecular formula is C33H37N3O4. The van der Waals surface area contributed by atoms with Crippen molar-refractivity contribution in [1.29, 1.82) is 0 Å². The second kappa shape index (κ2) is 11.9. The smallest absolute Gasteiger partial charge is 0.265 e. The number of ether oxygens (including phenoxy) is 3. The van der Waals surface area contributed by atoms with Crippen LogP contribution in [0.4, 0.5) is 5.95 Å². The van der Waals surface area contributed by atoms with Gasteiger partial charge in [-0.05, 0) is 79.9 Å². The van der Waals surface area contributed by atoms with Crippen molar-refractivity contribution in [3.05, 3.63) is 83.1 Å². The molecule has 1 aliphatic carbocycles. The number of rotatable bonds is 6. The number of benzene rings is 2. The van der Waals surface area contributed by atoms with Crippen LogP contribution in [0, 0.1) is 11.8 Å². The summed E-state index contributed by atoms with van der Waals surface area (Å²) in [7, 11) is 0. The van der Waals surface area contributed by atoms with Gasteiger partial charge in [0.15, 0.2) is 0 Å². The van der Waals surface area contributed by atoms with E-state index >= 15 is 0 Å². The molecule has 2 bridgehead atoms. The molecule has 40 heavy (non-hydrogen) atoms. The molecule has 1 saturated heterocycles. The fourth-order valence-corrected chi connectivity index (χ4v) is 5.94. The summed E-state index contributed by atoms with van der Waals surface area (Å²) in [6, 6.07) is 15.8. The van der Waals surface area contributed by atoms with E-state index in [1.54, 1.807) is 4.90 Å². The van der Waals surface area contributed by atoms with E-state index in [0.29, 0.717) is 55.7 Å². The van der Waals surface area contributed by atoms with Crippen LogP contribution in [0.3, 0.4) is 0 Å². The molecule has 3 unspecified atom stereocenters. The van der Waals surface area contributed by atoms with Crippen molar-refractivity contribution in [3.8, 4) is 5.88 Å². The zero-order chi connectivity index (χ0) is 27.5. The number of carbonyl (C=O) groups excluding carboxylic acids is 1. The molecule has 2 aromatic carbocycles. The second-order valence-electron chi connectivity index (χ2n) is 11.0. The molecular weight excluding hydrogens is 502 g/mol. The van der Waals surface area contributed by atoms with Crippen molar-refractivity contribution in [2.75, 3.05) is 31.3 Å². The summed E-state index contributed by atoms with van der Waals surface area (Å²) in [6.45, 7) is 6.66. The van der Waals surface area contributed by atoms with E-state index < -0.39 is 0 Å². The monoisotopic (exact) mass is 539 g/mol. The summed E-state index contributed by atoms with van der Waals surface area (Å²) in [5.74, 6) is 1.57. The first-order valence-electron chi connectivity index (χ1n) is 14.5. The van der Waals surface area contributed by atoms with Crippen molar-refractivity contribution in [3.63, 3.8) is 0 Å². The maximum atomic E-state index is 14.5. The maximum Gasteiger partial charge on any atom is 0.265 e. The molecule has 7 nitrogen and oxygen atoms in total. The zero-order valence-corrected chi connectivity index (χ0v) is 23.3. The number of nitrogens with zero attached hydrogens (tertiary/aromatic N) is 3. The van der Waals surface area contributed by atoms with Crippen LogP contribution in [-0.4, -0.2) is 48.4 Å². The lowest BCUT2D eigenvalue weighted by molar-refractivity contribution is 0.0991. The van der Waals surface area contributed by atoms with Gasteiger partial charge in [0.05, 0.1) is 30.7 Å². The predicted octanol–water partition coefficient (Wildman–Crippen LogP) is 6.28. The standard InChI is InChI=1S/C33H37N3O4/c1-3-38-20-23-13-12-22(2)25-15-14-24-8-4-5-9-28(24)32(37)36(26(18-23)19-25)33-34-30-11-7-6-10-29(30)31(35-33)40-27-16-17-39-21-27/h4-11,13,18,22,25,27H,3,12,14-17,19-21H2,1-2H3. The van der Waals surface area contributed by atoms with Crippen LogP contribution in [0.25, 0.3) is 10.9 Å². The summed E-state index contributed by atoms with van der Waals surface area (Å²) in [6.07, 6.45) is 8.75. The van der Waals surface area contributed by atoms with E-state index in [1.165, 1.54) is 0 Å². The highest BCUT2D eigenvalue weighted by Crippen LogP contribution is 2.37. The fourth-order valence-electron chi connectivity index (χ4n) is 5.94. The summed E-state index contributed by atoms with van der Waals surface area (Å²) >= 11 is 0. The van der Waals surface area contributed by atoms with Gasteiger partial charge in [-0.1, -0.05) is 43.3 Å². The first-order valence-corrected chi connectivity index (χ1v) is 14.5. The average molecular weight is 540 g/mol. The largest absolute Gasteiger partial charge is 0.471 e. The molecule has 0 saturated carbocycles. The highest BCUT2D eigenvalue weighted by Gasteiger charge is 2.33. The molecule has 3 heterocycles. The van der Waals surface area contributed by atoms with Gasteiger partial charge in [0.25, 0.3) is 5.91 Å². The van der Waals surface area contributed by atoms with E-state index in [9.17, 15) is 4.79 Å². The van der Waals surface area contributed by atoms with E-state index in [0.717, 1.165) is 59.8 Å². The number of amides is 1. The SMILES string of the molecule is CCOCC1=CCC(C)C2CCc3ccccc3C(=O)N(c3nc(OC4CCOC4)c4ccccc4n3)C(=C1)C2. The summed E-state index contributed by atoms with van der Waals surface area (Å²) in [5, 5.41) is 0.824. The zero-order valence-electron chi connectivity index (χ0n) is 23.3. The van der Waals surface area contributed by atoms with E-state index in [2.05, 4.69) is 25.1 Å². The van der Waals surface area contributed by atoms with Gasteiger partial charge in [0.1, 0.15) is 6.10 Å². The van der Waals surface area contributed by atoms with Gasteiger partial charge in [-0.2, -0.15) is 4.98 Å². The number of hydrogen-bond donors (Lipinski definition) is 0. The molecule has 3 aromatic rings. The Kier molecular flexibility index (Phi) is 7.93. The van der Waals surface area contributed by atoms with Crippen molar-refractivity contribution in [2.24, 2.45) is 11.8 Å². The van der Waals surface area contributed by atoms with E-state index in [4.69, 9.17) is 24.2 Å². The topological polar surface area (TPSA) is 73.8 Å². The highest BCUT2D eigenvalue weighted by atomic mass is 16.5. The van der Waals surface area contributed by atoms with Crippen molar-refractivity contribution in [1.82, 2.24) is 9.97 Å². The Morgan fingerprint density at radius 3 is 2.77 bits per heavy atom. The Labute approximate surface area is 235 Å². The Morgan fingerprint density at radius 2 is 1.93 bits per heavy atom. The number of carbonyl (C=O) groups is 1. The third kappa shape index (κ3) is 5.54. The van der Waals surface area contributed by atoms with E-state index in [-0.39, 0.29) is 12.0 Å². The lowest BCUT2D eigenvalue weighted by atomic mass is 9.81. The van der Waals surface area contributed by atoms with Gasteiger partial charge < -0.3 is 14.2 Å². The Morgan fingerprint density at radius 1 is 1.07 bits per heavy atom. The molecule has 1 aromatic heterocycles. The summed E-state index contributed by atoms with van der Waals surface area (Å²) in [4.78, 5) is 26.2. The number of hydrogen-bond acceptors (Lipinski definition) is 6. The number of anilines is 1. The first-order chi connectivity index (χ1) is 19.6. The van der Waals surface area contributed by atoms with Crippen LogP contribution < -0.4 is 9.64 Å². The molecule has 7 heteroatoms. The van der Waals surface area contributed by atoms with Crippen LogP contribution in [0.1, 0.15) is 55.5 Å². The van der Waals surface area contributed by atoms with Crippen LogP contribution in [-0.2, 0) is 15.9 Å². The van der Waals surface area contributed by atoms with Gasteiger partial charge in [-0.15, -0.1) is 0 Å². The lowest BCUT2D eigenvalue weighted by Gasteiger charge is -2.30. The molecule has 0 radical (unpaired) electrons. The maximum absolute atomic E-state index is 14.5. The average Bonchev–Trinajstić information content (AvgIpc) is 3.49. The molecule has 0 spiro atoms. The number of aromatic nitrogens is 2. The van der Waals surface area contributed by atoms with Gasteiger partial charge in [0.2, 0.25) is 11.8 Å². The molecule has 1 amide bonds. The van der Waals surface area contributed by atoms with Gasteiger partial charge >= 0.3 is 0 Å². The quantitative estimate of drug-likeness (QED) is 0.367.